The topological polar surface area (TPSA) is 32.3 Å². The average molecular weight is 259 g/mol. The molecule has 1 aromatic rings. The summed E-state index contributed by atoms with van der Waals surface area (Å²) in [6.45, 7) is 3.28. The second-order valence-electron chi connectivity index (χ2n) is 6.21. The fourth-order valence-electron chi connectivity index (χ4n) is 3.78. The summed E-state index contributed by atoms with van der Waals surface area (Å²) in [4.78, 5) is 0. The minimum absolute atomic E-state index is 0.533. The van der Waals surface area contributed by atoms with E-state index in [0.29, 0.717) is 11.8 Å². The number of benzene rings is 1. The average Bonchev–Trinajstić information content (AvgIpc) is 2.45. The number of phenols is 1. The molecule has 1 aliphatic heterocycles. The van der Waals surface area contributed by atoms with E-state index < -0.39 is 0 Å². The molecule has 2 nitrogen and oxygen atoms in total. The molecule has 0 bridgehead atoms. The van der Waals surface area contributed by atoms with E-state index in [1.807, 2.05) is 6.07 Å². The lowest BCUT2D eigenvalue weighted by Crippen LogP contribution is -2.36. The van der Waals surface area contributed by atoms with Crippen molar-refractivity contribution in [2.24, 2.45) is 0 Å². The van der Waals surface area contributed by atoms with Gasteiger partial charge in [-0.05, 0) is 86.7 Å². The number of aromatic hydroxyl groups is 1. The third-order valence-corrected chi connectivity index (χ3v) is 4.83. The highest BCUT2D eigenvalue weighted by Gasteiger charge is 2.22. The van der Waals surface area contributed by atoms with Crippen LogP contribution in [0.5, 0.6) is 5.75 Å². The lowest BCUT2D eigenvalue weighted by molar-refractivity contribution is 0.390. The van der Waals surface area contributed by atoms with Crippen molar-refractivity contribution in [3.63, 3.8) is 0 Å². The molecule has 1 fully saturated rings. The molecule has 0 saturated carbocycles. The first-order valence-electron chi connectivity index (χ1n) is 7.82. The molecule has 1 atom stereocenters. The van der Waals surface area contributed by atoms with Crippen LogP contribution in [0.4, 0.5) is 0 Å². The quantitative estimate of drug-likeness (QED) is 0.854. The molecule has 3 rings (SSSR count). The van der Waals surface area contributed by atoms with Gasteiger partial charge in [0.1, 0.15) is 5.75 Å². The minimum atomic E-state index is 0.533. The van der Waals surface area contributed by atoms with Crippen LogP contribution in [-0.4, -0.2) is 17.7 Å². The van der Waals surface area contributed by atoms with Crippen LogP contribution >= 0.6 is 0 Å². The highest BCUT2D eigenvalue weighted by molar-refractivity contribution is 5.50. The van der Waals surface area contributed by atoms with E-state index in [1.165, 1.54) is 60.8 Å². The van der Waals surface area contributed by atoms with Crippen LogP contribution in [0, 0.1) is 6.92 Å². The largest absolute Gasteiger partial charge is 0.508 e. The second-order valence-corrected chi connectivity index (χ2v) is 6.21. The first kappa shape index (κ1) is 13.0. The van der Waals surface area contributed by atoms with Gasteiger partial charge in [0.2, 0.25) is 0 Å². The summed E-state index contributed by atoms with van der Waals surface area (Å²) in [6.07, 6.45) is 9.83. The van der Waals surface area contributed by atoms with Gasteiger partial charge in [0.25, 0.3) is 0 Å². The molecule has 0 amide bonds. The molecule has 1 unspecified atom stereocenters. The van der Waals surface area contributed by atoms with E-state index in [9.17, 15) is 5.11 Å². The van der Waals surface area contributed by atoms with Crippen LogP contribution in [0.3, 0.4) is 0 Å². The summed E-state index contributed by atoms with van der Waals surface area (Å²) < 4.78 is 0. The van der Waals surface area contributed by atoms with Crippen LogP contribution in [0.1, 0.15) is 54.4 Å². The van der Waals surface area contributed by atoms with Crippen molar-refractivity contribution in [1.82, 2.24) is 5.32 Å². The lowest BCUT2D eigenvalue weighted by Gasteiger charge is -2.28. The monoisotopic (exact) mass is 259 g/mol. The molecule has 19 heavy (non-hydrogen) atoms. The maximum atomic E-state index is 10.4. The number of nitrogens with one attached hydrogen (secondary N) is 1. The molecule has 1 aliphatic carbocycles. The predicted molar refractivity (Wildman–Crippen MR) is 78.8 cm³/mol. The number of piperidine rings is 1. The van der Waals surface area contributed by atoms with Crippen molar-refractivity contribution >= 4 is 0 Å². The fourth-order valence-corrected chi connectivity index (χ4v) is 3.78. The van der Waals surface area contributed by atoms with Gasteiger partial charge in [0, 0.05) is 6.04 Å². The first-order valence-corrected chi connectivity index (χ1v) is 7.82. The highest BCUT2D eigenvalue weighted by Crippen LogP contribution is 2.34. The standard InChI is InChI=1S/C17H25NO/c1-12-10-17(19)16(11-13-6-4-5-9-18-13)15-8-3-2-7-14(12)15/h10,13,18-19H,2-9,11H2,1H3. The van der Waals surface area contributed by atoms with Crippen molar-refractivity contribution in [2.75, 3.05) is 6.54 Å². The number of phenolic OH excluding ortho intramolecular Hbond substituents is 1. The SMILES string of the molecule is Cc1cc(O)c(CC2CCCCN2)c2c1CCCC2. The van der Waals surface area contributed by atoms with Gasteiger partial charge in [-0.3, -0.25) is 0 Å². The number of rotatable bonds is 2. The summed E-state index contributed by atoms with van der Waals surface area (Å²) >= 11 is 0. The maximum Gasteiger partial charge on any atom is 0.119 e. The molecule has 104 valence electrons. The number of hydrogen-bond acceptors (Lipinski definition) is 2. The zero-order valence-corrected chi connectivity index (χ0v) is 12.0. The third kappa shape index (κ3) is 2.64. The Labute approximate surface area is 116 Å². The van der Waals surface area contributed by atoms with Gasteiger partial charge in [0.05, 0.1) is 0 Å². The Morgan fingerprint density at radius 2 is 1.95 bits per heavy atom. The second kappa shape index (κ2) is 5.54. The van der Waals surface area contributed by atoms with E-state index in [2.05, 4.69) is 12.2 Å². The molecule has 1 aromatic carbocycles. The number of aryl methyl sites for hydroxylation is 1. The molecule has 2 heteroatoms. The van der Waals surface area contributed by atoms with Crippen LogP contribution in [-0.2, 0) is 19.3 Å². The van der Waals surface area contributed by atoms with E-state index >= 15 is 0 Å². The minimum Gasteiger partial charge on any atom is -0.508 e. The summed E-state index contributed by atoms with van der Waals surface area (Å²) in [5, 5.41) is 14.0. The molecular formula is C17H25NO. The van der Waals surface area contributed by atoms with Crippen LogP contribution in [0.2, 0.25) is 0 Å². The Hall–Kier alpha value is -1.02. The van der Waals surface area contributed by atoms with E-state index in [0.717, 1.165) is 19.4 Å². The summed E-state index contributed by atoms with van der Waals surface area (Å²) in [6, 6.07) is 2.55. The normalized spacial score (nSPS) is 23.1. The molecule has 2 aliphatic rings. The van der Waals surface area contributed by atoms with Gasteiger partial charge in [0.15, 0.2) is 0 Å². The molecular weight excluding hydrogens is 234 g/mol. The maximum absolute atomic E-state index is 10.4. The summed E-state index contributed by atoms with van der Waals surface area (Å²) in [7, 11) is 0. The Bertz CT molecular complexity index is 461. The van der Waals surface area contributed by atoms with Gasteiger partial charge in [-0.2, -0.15) is 0 Å². The number of fused-ring (bicyclic) bond motifs is 1. The zero-order chi connectivity index (χ0) is 13.2. The van der Waals surface area contributed by atoms with Crippen molar-refractivity contribution < 1.29 is 5.11 Å². The van der Waals surface area contributed by atoms with Crippen LogP contribution in [0.15, 0.2) is 6.07 Å². The Kier molecular flexibility index (Phi) is 3.79. The Morgan fingerprint density at radius 1 is 1.16 bits per heavy atom. The Morgan fingerprint density at radius 3 is 2.68 bits per heavy atom. The van der Waals surface area contributed by atoms with Crippen molar-refractivity contribution in [3.05, 3.63) is 28.3 Å². The molecule has 1 heterocycles. The van der Waals surface area contributed by atoms with Gasteiger partial charge >= 0.3 is 0 Å². The van der Waals surface area contributed by atoms with Gasteiger partial charge in [-0.25, -0.2) is 0 Å². The number of hydrogen-bond donors (Lipinski definition) is 2. The van der Waals surface area contributed by atoms with Crippen molar-refractivity contribution in [2.45, 2.75) is 64.3 Å². The molecule has 0 radical (unpaired) electrons. The summed E-state index contributed by atoms with van der Waals surface area (Å²) in [5.41, 5.74) is 5.51. The van der Waals surface area contributed by atoms with Crippen LogP contribution < -0.4 is 5.32 Å². The Balaban J connectivity index is 1.90. The molecule has 0 aromatic heterocycles. The van der Waals surface area contributed by atoms with E-state index in [-0.39, 0.29) is 0 Å². The first-order chi connectivity index (χ1) is 9.25. The molecule has 0 spiro atoms. The summed E-state index contributed by atoms with van der Waals surface area (Å²) in [5.74, 6) is 0.533. The zero-order valence-electron chi connectivity index (χ0n) is 12.0. The van der Waals surface area contributed by atoms with Gasteiger partial charge < -0.3 is 10.4 Å². The predicted octanol–water partition coefficient (Wildman–Crippen LogP) is 3.26. The van der Waals surface area contributed by atoms with Crippen LogP contribution in [0.25, 0.3) is 0 Å². The third-order valence-electron chi connectivity index (χ3n) is 4.83. The smallest absolute Gasteiger partial charge is 0.119 e. The van der Waals surface area contributed by atoms with Crippen molar-refractivity contribution in [3.8, 4) is 5.75 Å². The molecule has 1 saturated heterocycles. The molecule has 2 N–H and O–H groups in total. The van der Waals surface area contributed by atoms with Gasteiger partial charge in [-0.1, -0.05) is 6.42 Å². The highest BCUT2D eigenvalue weighted by atomic mass is 16.3. The van der Waals surface area contributed by atoms with Gasteiger partial charge in [-0.15, -0.1) is 0 Å². The lowest BCUT2D eigenvalue weighted by atomic mass is 9.82. The van der Waals surface area contributed by atoms with E-state index in [1.54, 1.807) is 0 Å². The van der Waals surface area contributed by atoms with E-state index in [4.69, 9.17) is 0 Å². The van der Waals surface area contributed by atoms with Crippen molar-refractivity contribution in [1.29, 1.82) is 0 Å². The fraction of sp³-hybridized carbons (Fsp3) is 0.647.